The summed E-state index contributed by atoms with van der Waals surface area (Å²) in [6.07, 6.45) is 2.25. The van der Waals surface area contributed by atoms with Crippen molar-refractivity contribution in [2.75, 3.05) is 0 Å². The minimum atomic E-state index is -0.946. The third kappa shape index (κ3) is 2.37. The zero-order valence-corrected chi connectivity index (χ0v) is 13.8. The molecule has 7 heteroatoms. The summed E-state index contributed by atoms with van der Waals surface area (Å²) < 4.78 is 2.01. The standard InChI is InChI=1S/C17H15N3O3S/c1-9-4-5-20-14(6-9)19-11-8-18-15(21)7-10(16(11)20)12-2-3-13(24-12)17(22)23/h2-6,10H,7-8H2,1H3,(H,18,21)(H,22,23)/t10-/m0/s1. The van der Waals surface area contributed by atoms with E-state index in [0.717, 1.165) is 27.5 Å². The van der Waals surface area contributed by atoms with Gasteiger partial charge in [0.15, 0.2) is 0 Å². The van der Waals surface area contributed by atoms with Crippen LogP contribution in [0.2, 0.25) is 0 Å². The topological polar surface area (TPSA) is 83.7 Å². The molecule has 1 aliphatic heterocycles. The quantitative estimate of drug-likeness (QED) is 0.750. The molecule has 24 heavy (non-hydrogen) atoms. The number of aromatic nitrogens is 2. The SMILES string of the molecule is Cc1ccn2c3c(nc2c1)CNC(=O)C[C@H]3c1ccc(C(=O)O)s1. The van der Waals surface area contributed by atoms with Crippen LogP contribution >= 0.6 is 11.3 Å². The van der Waals surface area contributed by atoms with Crippen LogP contribution in [0, 0.1) is 6.92 Å². The first-order chi connectivity index (χ1) is 11.5. The lowest BCUT2D eigenvalue weighted by atomic mass is 9.98. The number of carboxylic acids is 1. The second kappa shape index (κ2) is 5.45. The van der Waals surface area contributed by atoms with E-state index in [4.69, 9.17) is 0 Å². The van der Waals surface area contributed by atoms with Crippen LogP contribution in [0.1, 0.15) is 43.8 Å². The van der Waals surface area contributed by atoms with E-state index in [2.05, 4.69) is 10.3 Å². The number of hydrogen-bond donors (Lipinski definition) is 2. The first-order valence-corrected chi connectivity index (χ1v) is 8.42. The Hall–Kier alpha value is -2.67. The molecular formula is C17H15N3O3S. The molecule has 3 aromatic heterocycles. The van der Waals surface area contributed by atoms with Crippen LogP contribution in [0.4, 0.5) is 0 Å². The Kier molecular flexibility index (Phi) is 3.38. The molecule has 4 rings (SSSR count). The van der Waals surface area contributed by atoms with Gasteiger partial charge in [-0.15, -0.1) is 11.3 Å². The van der Waals surface area contributed by atoms with Crippen LogP contribution in [-0.4, -0.2) is 26.4 Å². The van der Waals surface area contributed by atoms with Gasteiger partial charge in [-0.1, -0.05) is 0 Å². The molecule has 3 aromatic rings. The number of imidazole rings is 1. The van der Waals surface area contributed by atoms with E-state index in [1.54, 1.807) is 12.1 Å². The van der Waals surface area contributed by atoms with Crippen molar-refractivity contribution >= 4 is 28.9 Å². The third-order valence-corrected chi connectivity index (χ3v) is 5.44. The van der Waals surface area contributed by atoms with Crippen molar-refractivity contribution in [2.24, 2.45) is 0 Å². The molecule has 2 N–H and O–H groups in total. The van der Waals surface area contributed by atoms with Crippen LogP contribution in [0.3, 0.4) is 0 Å². The summed E-state index contributed by atoms with van der Waals surface area (Å²) >= 11 is 1.22. The largest absolute Gasteiger partial charge is 0.477 e. The number of carboxylic acid groups (broad SMARTS) is 1. The molecule has 0 spiro atoms. The number of aromatic carboxylic acids is 1. The van der Waals surface area contributed by atoms with Gasteiger partial charge in [0.25, 0.3) is 0 Å². The number of nitrogens with one attached hydrogen (secondary N) is 1. The molecule has 1 amide bonds. The minimum absolute atomic E-state index is 0.0517. The highest BCUT2D eigenvalue weighted by atomic mass is 32.1. The number of amides is 1. The van der Waals surface area contributed by atoms with Crippen LogP contribution in [0.15, 0.2) is 30.5 Å². The van der Waals surface area contributed by atoms with Crippen molar-refractivity contribution in [3.05, 3.63) is 57.2 Å². The smallest absolute Gasteiger partial charge is 0.345 e. The van der Waals surface area contributed by atoms with E-state index in [9.17, 15) is 14.7 Å². The second-order valence-corrected chi connectivity index (χ2v) is 7.03. The number of thiophene rings is 1. The Labute approximate surface area is 141 Å². The zero-order valence-electron chi connectivity index (χ0n) is 12.9. The van der Waals surface area contributed by atoms with Crippen molar-refractivity contribution in [3.63, 3.8) is 0 Å². The number of rotatable bonds is 2. The number of nitrogens with zero attached hydrogens (tertiary/aromatic N) is 2. The lowest BCUT2D eigenvalue weighted by molar-refractivity contribution is -0.121. The first-order valence-electron chi connectivity index (χ1n) is 7.60. The van der Waals surface area contributed by atoms with Gasteiger partial charge in [-0.2, -0.15) is 0 Å². The molecule has 0 fully saturated rings. The Morgan fingerprint density at radius 1 is 1.42 bits per heavy atom. The van der Waals surface area contributed by atoms with Crippen LogP contribution in [0.5, 0.6) is 0 Å². The van der Waals surface area contributed by atoms with Crippen molar-refractivity contribution in [1.82, 2.24) is 14.7 Å². The van der Waals surface area contributed by atoms with Crippen LogP contribution in [-0.2, 0) is 11.3 Å². The lowest BCUT2D eigenvalue weighted by Crippen LogP contribution is -2.21. The number of hydrogen-bond acceptors (Lipinski definition) is 4. The molecule has 122 valence electrons. The van der Waals surface area contributed by atoms with E-state index >= 15 is 0 Å². The molecule has 0 bridgehead atoms. The van der Waals surface area contributed by atoms with Gasteiger partial charge in [0.05, 0.1) is 17.9 Å². The second-order valence-electron chi connectivity index (χ2n) is 5.92. The molecule has 0 saturated carbocycles. The lowest BCUT2D eigenvalue weighted by Gasteiger charge is -2.13. The number of carbonyl (C=O) groups excluding carboxylic acids is 1. The first kappa shape index (κ1) is 14.9. The monoisotopic (exact) mass is 341 g/mol. The third-order valence-electron chi connectivity index (χ3n) is 4.25. The minimum Gasteiger partial charge on any atom is -0.477 e. The van der Waals surface area contributed by atoms with Crippen molar-refractivity contribution in [2.45, 2.75) is 25.8 Å². The van der Waals surface area contributed by atoms with Crippen molar-refractivity contribution in [1.29, 1.82) is 0 Å². The fourth-order valence-corrected chi connectivity index (χ4v) is 4.09. The van der Waals surface area contributed by atoms with Gasteiger partial charge in [0.1, 0.15) is 10.5 Å². The van der Waals surface area contributed by atoms with Gasteiger partial charge < -0.3 is 14.8 Å². The van der Waals surface area contributed by atoms with Gasteiger partial charge in [-0.3, -0.25) is 4.79 Å². The molecule has 0 aliphatic carbocycles. The van der Waals surface area contributed by atoms with Gasteiger partial charge in [-0.05, 0) is 36.8 Å². The average Bonchev–Trinajstić information content (AvgIpc) is 3.12. The van der Waals surface area contributed by atoms with E-state index in [1.165, 1.54) is 11.3 Å². The summed E-state index contributed by atoms with van der Waals surface area (Å²) in [6.45, 7) is 2.40. The predicted molar refractivity (Wildman–Crippen MR) is 89.5 cm³/mol. The molecule has 4 heterocycles. The Balaban J connectivity index is 1.91. The van der Waals surface area contributed by atoms with Gasteiger partial charge in [0, 0.05) is 23.4 Å². The van der Waals surface area contributed by atoms with Crippen LogP contribution in [0.25, 0.3) is 5.65 Å². The summed E-state index contributed by atoms with van der Waals surface area (Å²) in [5, 5.41) is 12.1. The fourth-order valence-electron chi connectivity index (χ4n) is 3.14. The summed E-state index contributed by atoms with van der Waals surface area (Å²) in [7, 11) is 0. The number of pyridine rings is 1. The van der Waals surface area contributed by atoms with Crippen molar-refractivity contribution < 1.29 is 14.7 Å². The molecule has 0 aromatic carbocycles. The highest BCUT2D eigenvalue weighted by Gasteiger charge is 2.30. The summed E-state index contributed by atoms with van der Waals surface area (Å²) in [6, 6.07) is 7.40. The van der Waals surface area contributed by atoms with Crippen LogP contribution < -0.4 is 5.32 Å². The Morgan fingerprint density at radius 3 is 3.00 bits per heavy atom. The molecule has 0 radical (unpaired) electrons. The number of aryl methyl sites for hydroxylation is 1. The van der Waals surface area contributed by atoms with Gasteiger partial charge in [0.2, 0.25) is 5.91 Å². The average molecular weight is 341 g/mol. The van der Waals surface area contributed by atoms with Gasteiger partial charge >= 0.3 is 5.97 Å². The molecule has 0 unspecified atom stereocenters. The predicted octanol–water partition coefficient (Wildman–Crippen LogP) is 2.55. The maximum atomic E-state index is 12.1. The maximum absolute atomic E-state index is 12.1. The van der Waals surface area contributed by atoms with E-state index in [-0.39, 0.29) is 23.1 Å². The van der Waals surface area contributed by atoms with Crippen molar-refractivity contribution in [3.8, 4) is 0 Å². The number of carbonyl (C=O) groups is 2. The van der Waals surface area contributed by atoms with Gasteiger partial charge in [-0.25, -0.2) is 9.78 Å². The molecule has 1 atom stereocenters. The molecule has 0 saturated heterocycles. The van der Waals surface area contributed by atoms with E-state index in [0.29, 0.717) is 6.54 Å². The fraction of sp³-hybridized carbons (Fsp3) is 0.235. The Bertz CT molecular complexity index is 973. The summed E-state index contributed by atoms with van der Waals surface area (Å²) in [5.74, 6) is -1.19. The summed E-state index contributed by atoms with van der Waals surface area (Å²) in [4.78, 5) is 29.1. The molecule has 1 aliphatic rings. The van der Waals surface area contributed by atoms with E-state index in [1.807, 2.05) is 29.7 Å². The maximum Gasteiger partial charge on any atom is 0.345 e. The zero-order chi connectivity index (χ0) is 16.8. The number of fused-ring (bicyclic) bond motifs is 3. The highest BCUT2D eigenvalue weighted by molar-refractivity contribution is 7.14. The Morgan fingerprint density at radius 2 is 2.25 bits per heavy atom. The summed E-state index contributed by atoms with van der Waals surface area (Å²) in [5.41, 5.74) is 3.76. The molecular weight excluding hydrogens is 326 g/mol. The highest BCUT2D eigenvalue weighted by Crippen LogP contribution is 2.36. The normalized spacial score (nSPS) is 17.4. The van der Waals surface area contributed by atoms with E-state index < -0.39 is 5.97 Å². The molecule has 6 nitrogen and oxygen atoms in total.